The van der Waals surface area contributed by atoms with Gasteiger partial charge in [0.1, 0.15) is 0 Å². The topological polar surface area (TPSA) is 64.4 Å². The largest absolute Gasteiger partial charge is 0.308 e. The highest BCUT2D eigenvalue weighted by Crippen LogP contribution is 2.26. The summed E-state index contributed by atoms with van der Waals surface area (Å²) in [5.41, 5.74) is 0.473. The van der Waals surface area contributed by atoms with Gasteiger partial charge >= 0.3 is 0 Å². The number of nitriles is 1. The van der Waals surface area contributed by atoms with Crippen LogP contribution in [0.3, 0.4) is 0 Å². The molecule has 1 aliphatic carbocycles. The van der Waals surface area contributed by atoms with E-state index in [1.807, 2.05) is 25.1 Å². The fraction of sp³-hybridized carbons (Fsp3) is 0.611. The molecule has 1 aliphatic rings. The molecule has 0 atom stereocenters. The molecule has 0 radical (unpaired) electrons. The Morgan fingerprint density at radius 1 is 1.08 bits per heavy atom. The molecule has 0 amide bonds. The highest BCUT2D eigenvalue weighted by molar-refractivity contribution is 7.89. The van der Waals surface area contributed by atoms with Crippen LogP contribution in [-0.2, 0) is 10.0 Å². The Hall–Kier alpha value is -1.42. The zero-order valence-electron chi connectivity index (χ0n) is 14.6. The molecule has 0 heterocycles. The molecule has 1 fully saturated rings. The first kappa shape index (κ1) is 18.9. The van der Waals surface area contributed by atoms with Crippen molar-refractivity contribution in [3.05, 3.63) is 29.8 Å². The average molecular weight is 350 g/mol. The molecule has 1 saturated carbocycles. The Bertz CT molecular complexity index is 656. The van der Waals surface area contributed by atoms with Gasteiger partial charge in [-0.2, -0.15) is 9.57 Å². The van der Waals surface area contributed by atoms with Crippen LogP contribution in [0.25, 0.3) is 0 Å². The lowest BCUT2D eigenvalue weighted by atomic mass is 9.89. The highest BCUT2D eigenvalue weighted by Gasteiger charge is 2.27. The molecule has 2 rings (SSSR count). The molecule has 0 aromatic heterocycles. The van der Waals surface area contributed by atoms with E-state index < -0.39 is 10.0 Å². The summed E-state index contributed by atoms with van der Waals surface area (Å²) in [5.74, 6) is 0.453. The number of rotatable bonds is 7. The predicted octanol–water partition coefficient (Wildman–Crippen LogP) is 2.69. The van der Waals surface area contributed by atoms with Crippen LogP contribution in [0.2, 0.25) is 0 Å². The van der Waals surface area contributed by atoms with Crippen LogP contribution in [0.15, 0.2) is 29.2 Å². The van der Waals surface area contributed by atoms with Gasteiger partial charge < -0.3 is 4.90 Å². The molecule has 0 saturated heterocycles. The molecule has 6 heteroatoms. The predicted molar refractivity (Wildman–Crippen MR) is 95.0 cm³/mol. The van der Waals surface area contributed by atoms with E-state index >= 15 is 0 Å². The lowest BCUT2D eigenvalue weighted by Crippen LogP contribution is -2.40. The fourth-order valence-electron chi connectivity index (χ4n) is 3.13. The summed E-state index contributed by atoms with van der Waals surface area (Å²) in [7, 11) is 0.379. The zero-order valence-corrected chi connectivity index (χ0v) is 15.4. The maximum atomic E-state index is 13.0. The van der Waals surface area contributed by atoms with Crippen molar-refractivity contribution in [2.24, 2.45) is 5.92 Å². The number of benzene rings is 1. The van der Waals surface area contributed by atoms with Crippen molar-refractivity contribution in [1.29, 1.82) is 5.26 Å². The van der Waals surface area contributed by atoms with Crippen molar-refractivity contribution in [1.82, 2.24) is 9.21 Å². The SMILES string of the molecule is CN(C)CCN(CC1CCCCC1)S(=O)(=O)c1ccc(C#N)cc1. The Morgan fingerprint density at radius 3 is 2.25 bits per heavy atom. The Labute approximate surface area is 145 Å². The van der Waals surface area contributed by atoms with E-state index in [0.29, 0.717) is 31.1 Å². The van der Waals surface area contributed by atoms with E-state index in [0.717, 1.165) is 12.8 Å². The van der Waals surface area contributed by atoms with E-state index in [1.165, 1.54) is 31.4 Å². The van der Waals surface area contributed by atoms with Crippen LogP contribution >= 0.6 is 0 Å². The van der Waals surface area contributed by atoms with Gasteiger partial charge in [0.15, 0.2) is 0 Å². The summed E-state index contributed by atoms with van der Waals surface area (Å²) in [6, 6.07) is 8.24. The molecule has 5 nitrogen and oxygen atoms in total. The molecular formula is C18H27N3O2S. The smallest absolute Gasteiger partial charge is 0.243 e. The summed E-state index contributed by atoms with van der Waals surface area (Å²) in [6.45, 7) is 1.78. The lowest BCUT2D eigenvalue weighted by Gasteiger charge is -2.30. The van der Waals surface area contributed by atoms with Gasteiger partial charge in [0.25, 0.3) is 0 Å². The second-order valence-corrected chi connectivity index (χ2v) is 8.74. The van der Waals surface area contributed by atoms with E-state index in [4.69, 9.17) is 5.26 Å². The highest BCUT2D eigenvalue weighted by atomic mass is 32.2. The summed E-state index contributed by atoms with van der Waals surface area (Å²) >= 11 is 0. The van der Waals surface area contributed by atoms with Gasteiger partial charge in [-0.15, -0.1) is 0 Å². The van der Waals surface area contributed by atoms with Crippen LogP contribution in [0.4, 0.5) is 0 Å². The summed E-state index contributed by atoms with van der Waals surface area (Å²) in [6.07, 6.45) is 5.88. The van der Waals surface area contributed by atoms with Crippen LogP contribution in [-0.4, -0.2) is 51.4 Å². The summed E-state index contributed by atoms with van der Waals surface area (Å²) in [5, 5.41) is 8.89. The summed E-state index contributed by atoms with van der Waals surface area (Å²) < 4.78 is 27.7. The van der Waals surface area contributed by atoms with E-state index in [2.05, 4.69) is 0 Å². The van der Waals surface area contributed by atoms with Gasteiger partial charge in [-0.1, -0.05) is 19.3 Å². The van der Waals surface area contributed by atoms with Crippen LogP contribution in [0, 0.1) is 17.2 Å². The number of sulfonamides is 1. The first-order valence-electron chi connectivity index (χ1n) is 8.58. The van der Waals surface area contributed by atoms with Crippen molar-refractivity contribution < 1.29 is 8.42 Å². The van der Waals surface area contributed by atoms with Crippen molar-refractivity contribution >= 4 is 10.0 Å². The summed E-state index contributed by atoms with van der Waals surface area (Å²) in [4.78, 5) is 2.28. The van der Waals surface area contributed by atoms with Gasteiger partial charge in [0.2, 0.25) is 10.0 Å². The van der Waals surface area contributed by atoms with E-state index in [-0.39, 0.29) is 4.90 Å². The standard InChI is InChI=1S/C18H27N3O2S/c1-20(2)12-13-21(15-17-6-4-3-5-7-17)24(22,23)18-10-8-16(14-19)9-11-18/h8-11,17H,3-7,12-13,15H2,1-2H3. The van der Waals surface area contributed by atoms with Gasteiger partial charge in [-0.3, -0.25) is 0 Å². The van der Waals surface area contributed by atoms with Gasteiger partial charge in [0, 0.05) is 19.6 Å². The number of hydrogen-bond acceptors (Lipinski definition) is 4. The maximum Gasteiger partial charge on any atom is 0.243 e. The minimum atomic E-state index is -3.52. The second-order valence-electron chi connectivity index (χ2n) is 6.81. The third-order valence-corrected chi connectivity index (χ3v) is 6.48. The van der Waals surface area contributed by atoms with Crippen LogP contribution in [0.5, 0.6) is 0 Å². The molecular weight excluding hydrogens is 322 g/mol. The average Bonchev–Trinajstić information content (AvgIpc) is 2.59. The molecule has 132 valence electrons. The Morgan fingerprint density at radius 2 is 1.71 bits per heavy atom. The fourth-order valence-corrected chi connectivity index (χ4v) is 4.64. The minimum Gasteiger partial charge on any atom is -0.308 e. The van der Waals surface area contributed by atoms with Gasteiger partial charge in [-0.25, -0.2) is 8.42 Å². The molecule has 0 bridgehead atoms. The number of likely N-dealkylation sites (N-methyl/N-ethyl adjacent to an activating group) is 1. The van der Waals surface area contributed by atoms with Crippen molar-refractivity contribution in [3.8, 4) is 6.07 Å². The van der Waals surface area contributed by atoms with Crippen molar-refractivity contribution in [3.63, 3.8) is 0 Å². The maximum absolute atomic E-state index is 13.0. The molecule has 0 N–H and O–H groups in total. The Balaban J connectivity index is 2.20. The molecule has 1 aromatic carbocycles. The molecule has 0 spiro atoms. The third kappa shape index (κ3) is 5.04. The number of hydrogen-bond donors (Lipinski definition) is 0. The van der Waals surface area contributed by atoms with Gasteiger partial charge in [-0.05, 0) is 57.1 Å². The van der Waals surface area contributed by atoms with Crippen LogP contribution < -0.4 is 0 Å². The monoisotopic (exact) mass is 349 g/mol. The number of nitrogens with zero attached hydrogens (tertiary/aromatic N) is 3. The first-order chi connectivity index (χ1) is 11.4. The van der Waals surface area contributed by atoms with Crippen LogP contribution in [0.1, 0.15) is 37.7 Å². The lowest BCUT2D eigenvalue weighted by molar-refractivity contribution is 0.261. The van der Waals surface area contributed by atoms with Gasteiger partial charge in [0.05, 0.1) is 16.5 Å². The van der Waals surface area contributed by atoms with E-state index in [1.54, 1.807) is 16.4 Å². The molecule has 0 aliphatic heterocycles. The normalized spacial score (nSPS) is 16.5. The van der Waals surface area contributed by atoms with Crippen molar-refractivity contribution in [2.45, 2.75) is 37.0 Å². The third-order valence-electron chi connectivity index (χ3n) is 4.60. The first-order valence-corrected chi connectivity index (χ1v) is 10.0. The molecule has 24 heavy (non-hydrogen) atoms. The van der Waals surface area contributed by atoms with E-state index in [9.17, 15) is 8.42 Å². The Kier molecular flexibility index (Phi) is 6.79. The second kappa shape index (κ2) is 8.61. The minimum absolute atomic E-state index is 0.274. The quantitative estimate of drug-likeness (QED) is 0.759. The zero-order chi connectivity index (χ0) is 17.6. The van der Waals surface area contributed by atoms with Crippen molar-refractivity contribution in [2.75, 3.05) is 33.7 Å². The molecule has 1 aromatic rings. The molecule has 0 unspecified atom stereocenters.